The number of aryl methyl sites for hydroxylation is 1. The van der Waals surface area contributed by atoms with Crippen molar-refractivity contribution in [3.05, 3.63) is 35.9 Å². The van der Waals surface area contributed by atoms with Crippen molar-refractivity contribution in [1.82, 2.24) is 4.90 Å². The van der Waals surface area contributed by atoms with E-state index in [2.05, 4.69) is 12.1 Å². The van der Waals surface area contributed by atoms with Gasteiger partial charge in [0.1, 0.15) is 0 Å². The molecule has 1 amide bonds. The van der Waals surface area contributed by atoms with Crippen molar-refractivity contribution in [2.24, 2.45) is 0 Å². The number of halogens is 1. The van der Waals surface area contributed by atoms with Crippen LogP contribution in [0.1, 0.15) is 24.8 Å². The van der Waals surface area contributed by atoms with Crippen molar-refractivity contribution in [2.75, 3.05) is 25.6 Å². The topological polar surface area (TPSA) is 29.5 Å². The first-order valence-electron chi connectivity index (χ1n) is 7.29. The van der Waals surface area contributed by atoms with E-state index in [1.54, 1.807) is 0 Å². The van der Waals surface area contributed by atoms with Crippen LogP contribution in [-0.4, -0.2) is 42.5 Å². The van der Waals surface area contributed by atoms with Crippen molar-refractivity contribution in [3.8, 4) is 0 Å². The lowest BCUT2D eigenvalue weighted by molar-refractivity contribution is -0.133. The van der Waals surface area contributed by atoms with Gasteiger partial charge in [-0.2, -0.15) is 0 Å². The average molecular weight is 296 g/mol. The third-order valence-electron chi connectivity index (χ3n) is 3.70. The minimum Gasteiger partial charge on any atom is -0.377 e. The molecule has 110 valence electrons. The molecule has 1 heterocycles. The number of carbonyl (C=O) groups is 1. The highest BCUT2D eigenvalue weighted by atomic mass is 35.5. The van der Waals surface area contributed by atoms with Crippen LogP contribution in [0.25, 0.3) is 0 Å². The fraction of sp³-hybridized carbons (Fsp3) is 0.562. The van der Waals surface area contributed by atoms with Gasteiger partial charge in [-0.1, -0.05) is 30.3 Å². The smallest absolute Gasteiger partial charge is 0.222 e. The molecule has 0 aliphatic carbocycles. The highest BCUT2D eigenvalue weighted by Crippen LogP contribution is 2.15. The summed E-state index contributed by atoms with van der Waals surface area (Å²) < 4.78 is 5.62. The molecule has 1 aromatic rings. The number of alkyl halides is 1. The van der Waals surface area contributed by atoms with Crippen molar-refractivity contribution in [3.63, 3.8) is 0 Å². The predicted octanol–water partition coefficient (Wildman–Crippen LogP) is 2.87. The molecule has 0 radical (unpaired) electrons. The maximum absolute atomic E-state index is 12.2. The second-order valence-electron chi connectivity index (χ2n) is 5.13. The molecule has 1 aromatic carbocycles. The van der Waals surface area contributed by atoms with Crippen molar-refractivity contribution >= 4 is 17.5 Å². The molecule has 1 aliphatic rings. The zero-order valence-corrected chi connectivity index (χ0v) is 12.5. The maximum atomic E-state index is 12.2. The van der Waals surface area contributed by atoms with Gasteiger partial charge >= 0.3 is 0 Å². The molecule has 0 spiro atoms. The molecule has 0 saturated carbocycles. The van der Waals surface area contributed by atoms with Gasteiger partial charge < -0.3 is 9.64 Å². The summed E-state index contributed by atoms with van der Waals surface area (Å²) in [6.07, 6.45) is 3.54. The Kier molecular flexibility index (Phi) is 6.34. The van der Waals surface area contributed by atoms with Gasteiger partial charge in [0.2, 0.25) is 5.91 Å². The van der Waals surface area contributed by atoms with Crippen LogP contribution in [0.4, 0.5) is 0 Å². The first-order chi connectivity index (χ1) is 9.79. The summed E-state index contributed by atoms with van der Waals surface area (Å²) in [4.78, 5) is 14.1. The first kappa shape index (κ1) is 15.3. The molecule has 1 saturated heterocycles. The van der Waals surface area contributed by atoms with E-state index in [1.165, 1.54) is 5.56 Å². The largest absolute Gasteiger partial charge is 0.377 e. The third kappa shape index (κ3) is 4.80. The Balaban J connectivity index is 1.69. The predicted molar refractivity (Wildman–Crippen MR) is 81.0 cm³/mol. The van der Waals surface area contributed by atoms with Crippen molar-refractivity contribution in [2.45, 2.75) is 31.8 Å². The van der Waals surface area contributed by atoms with E-state index in [0.29, 0.717) is 18.9 Å². The monoisotopic (exact) mass is 295 g/mol. The number of hydrogen-bond donors (Lipinski definition) is 0. The number of hydrogen-bond acceptors (Lipinski definition) is 2. The normalized spacial score (nSPS) is 16.4. The van der Waals surface area contributed by atoms with Gasteiger partial charge in [-0.3, -0.25) is 4.79 Å². The van der Waals surface area contributed by atoms with Gasteiger partial charge in [0.25, 0.3) is 0 Å². The standard InChI is InChI=1S/C16H22ClNO2/c17-10-13-20-15-8-11-18(12-9-15)16(19)7-6-14-4-2-1-3-5-14/h1-5,15H,6-13H2. The van der Waals surface area contributed by atoms with Crippen molar-refractivity contribution < 1.29 is 9.53 Å². The second-order valence-corrected chi connectivity index (χ2v) is 5.50. The number of benzene rings is 1. The van der Waals surface area contributed by atoms with Gasteiger partial charge in [0.15, 0.2) is 0 Å². The fourth-order valence-corrected chi connectivity index (χ4v) is 2.63. The van der Waals surface area contributed by atoms with E-state index in [9.17, 15) is 4.79 Å². The lowest BCUT2D eigenvalue weighted by atomic mass is 10.1. The van der Waals surface area contributed by atoms with Crippen LogP contribution >= 0.6 is 11.6 Å². The van der Waals surface area contributed by atoms with E-state index in [0.717, 1.165) is 32.4 Å². The number of rotatable bonds is 6. The Hall–Kier alpha value is -1.06. The summed E-state index contributed by atoms with van der Waals surface area (Å²) in [5.74, 6) is 0.792. The molecule has 0 N–H and O–H groups in total. The van der Waals surface area contributed by atoms with E-state index in [1.807, 2.05) is 23.1 Å². The molecule has 20 heavy (non-hydrogen) atoms. The molecular weight excluding hydrogens is 274 g/mol. The molecular formula is C16H22ClNO2. The van der Waals surface area contributed by atoms with Crippen LogP contribution < -0.4 is 0 Å². The van der Waals surface area contributed by atoms with E-state index in [4.69, 9.17) is 16.3 Å². The summed E-state index contributed by atoms with van der Waals surface area (Å²) in [7, 11) is 0. The highest BCUT2D eigenvalue weighted by Gasteiger charge is 2.22. The number of likely N-dealkylation sites (tertiary alicyclic amines) is 1. The Labute approximate surface area is 125 Å². The molecule has 0 atom stereocenters. The molecule has 4 heteroatoms. The van der Waals surface area contributed by atoms with Crippen LogP contribution in [0.2, 0.25) is 0 Å². The minimum atomic E-state index is 0.254. The Morgan fingerprint density at radius 2 is 1.95 bits per heavy atom. The third-order valence-corrected chi connectivity index (χ3v) is 3.85. The summed E-state index contributed by atoms with van der Waals surface area (Å²) in [6.45, 7) is 2.22. The molecule has 0 aromatic heterocycles. The van der Waals surface area contributed by atoms with Crippen LogP contribution in [0, 0.1) is 0 Å². The summed E-state index contributed by atoms with van der Waals surface area (Å²) >= 11 is 5.61. The van der Waals surface area contributed by atoms with Crippen molar-refractivity contribution in [1.29, 1.82) is 0 Å². The Morgan fingerprint density at radius 1 is 1.25 bits per heavy atom. The molecule has 1 fully saturated rings. The lowest BCUT2D eigenvalue weighted by Gasteiger charge is -2.32. The first-order valence-corrected chi connectivity index (χ1v) is 7.82. The summed E-state index contributed by atoms with van der Waals surface area (Å²) in [5.41, 5.74) is 1.22. The molecule has 2 rings (SSSR count). The van der Waals surface area contributed by atoms with E-state index >= 15 is 0 Å². The van der Waals surface area contributed by atoms with Crippen LogP contribution in [0.3, 0.4) is 0 Å². The van der Waals surface area contributed by atoms with E-state index < -0.39 is 0 Å². The Bertz CT molecular complexity index is 402. The average Bonchev–Trinajstić information content (AvgIpc) is 2.52. The number of carbonyl (C=O) groups excluding carboxylic acids is 1. The highest BCUT2D eigenvalue weighted by molar-refractivity contribution is 6.17. The number of nitrogens with zero attached hydrogens (tertiary/aromatic N) is 1. The zero-order chi connectivity index (χ0) is 14.2. The summed E-state index contributed by atoms with van der Waals surface area (Å²) in [5, 5.41) is 0. The minimum absolute atomic E-state index is 0.254. The van der Waals surface area contributed by atoms with Gasteiger partial charge in [0, 0.05) is 25.4 Å². The van der Waals surface area contributed by atoms with E-state index in [-0.39, 0.29) is 12.0 Å². The van der Waals surface area contributed by atoms with Gasteiger partial charge in [-0.05, 0) is 24.8 Å². The quantitative estimate of drug-likeness (QED) is 0.755. The maximum Gasteiger partial charge on any atom is 0.222 e. The number of amides is 1. The number of ether oxygens (including phenoxy) is 1. The van der Waals surface area contributed by atoms with Gasteiger partial charge in [0.05, 0.1) is 12.7 Å². The SMILES string of the molecule is O=C(CCc1ccccc1)N1CCC(OCCCl)CC1. The van der Waals surface area contributed by atoms with Crippen LogP contribution in [-0.2, 0) is 16.0 Å². The zero-order valence-electron chi connectivity index (χ0n) is 11.8. The van der Waals surface area contributed by atoms with Crippen LogP contribution in [0.5, 0.6) is 0 Å². The second kappa shape index (κ2) is 8.28. The van der Waals surface area contributed by atoms with Gasteiger partial charge in [-0.25, -0.2) is 0 Å². The molecule has 1 aliphatic heterocycles. The molecule has 3 nitrogen and oxygen atoms in total. The van der Waals surface area contributed by atoms with Crippen LogP contribution in [0.15, 0.2) is 30.3 Å². The summed E-state index contributed by atoms with van der Waals surface area (Å²) in [6, 6.07) is 10.2. The lowest BCUT2D eigenvalue weighted by Crippen LogP contribution is -2.41. The Morgan fingerprint density at radius 3 is 2.60 bits per heavy atom. The number of piperidine rings is 1. The molecule has 0 unspecified atom stereocenters. The molecule has 0 bridgehead atoms. The fourth-order valence-electron chi connectivity index (χ4n) is 2.54. The van der Waals surface area contributed by atoms with Gasteiger partial charge in [-0.15, -0.1) is 11.6 Å².